The molecule has 0 aliphatic heterocycles. The number of methoxy groups -OCH3 is 1. The Morgan fingerprint density at radius 2 is 2.25 bits per heavy atom. The van der Waals surface area contributed by atoms with Gasteiger partial charge in [0.1, 0.15) is 5.82 Å². The van der Waals surface area contributed by atoms with Crippen LogP contribution in [0.5, 0.6) is 0 Å². The van der Waals surface area contributed by atoms with Gasteiger partial charge in [0.25, 0.3) is 0 Å². The highest BCUT2D eigenvalue weighted by Gasteiger charge is 2.04. The van der Waals surface area contributed by atoms with Gasteiger partial charge in [0.2, 0.25) is 5.90 Å². The normalized spacial score (nSPS) is 9.58. The van der Waals surface area contributed by atoms with E-state index in [0.717, 1.165) is 0 Å². The molecule has 0 bridgehead atoms. The van der Waals surface area contributed by atoms with Crippen molar-refractivity contribution in [3.05, 3.63) is 34.1 Å². The molecule has 4 heteroatoms. The second-order valence-corrected chi connectivity index (χ2v) is 3.02. The summed E-state index contributed by atoms with van der Waals surface area (Å²) in [4.78, 5) is 0. The Kier molecular flexibility index (Phi) is 2.81. The first-order valence-electron chi connectivity index (χ1n) is 3.23. The van der Waals surface area contributed by atoms with E-state index < -0.39 is 5.82 Å². The maximum atomic E-state index is 12.9. The fraction of sp³-hybridized carbons (Fsp3) is 0.125. The van der Waals surface area contributed by atoms with E-state index in [-0.39, 0.29) is 5.90 Å². The number of ether oxygens (including phenoxy) is 1. The van der Waals surface area contributed by atoms with Crippen molar-refractivity contribution in [3.8, 4) is 0 Å². The van der Waals surface area contributed by atoms with Crippen molar-refractivity contribution in [2.75, 3.05) is 7.11 Å². The zero-order valence-corrected chi connectivity index (χ0v) is 7.98. The molecule has 0 heterocycles. The van der Waals surface area contributed by atoms with Gasteiger partial charge in [-0.2, -0.15) is 0 Å². The SMILES string of the molecule is COC(=N)c1ccc(Br)c(F)c1. The fourth-order valence-corrected chi connectivity index (χ4v) is 1.00. The molecule has 1 rings (SSSR count). The largest absolute Gasteiger partial charge is 0.481 e. The Hall–Kier alpha value is -0.900. The van der Waals surface area contributed by atoms with Gasteiger partial charge in [-0.3, -0.25) is 5.41 Å². The van der Waals surface area contributed by atoms with Crippen LogP contribution < -0.4 is 0 Å². The van der Waals surface area contributed by atoms with Crippen LogP contribution >= 0.6 is 15.9 Å². The Labute approximate surface area is 78.0 Å². The predicted octanol–water partition coefficient (Wildman–Crippen LogP) is 2.56. The molecule has 0 radical (unpaired) electrons. The summed E-state index contributed by atoms with van der Waals surface area (Å²) >= 11 is 3.01. The smallest absolute Gasteiger partial charge is 0.213 e. The van der Waals surface area contributed by atoms with E-state index in [1.54, 1.807) is 6.07 Å². The van der Waals surface area contributed by atoms with Gasteiger partial charge in [-0.15, -0.1) is 0 Å². The maximum absolute atomic E-state index is 12.9. The summed E-state index contributed by atoms with van der Waals surface area (Å²) in [7, 11) is 1.38. The molecule has 0 aliphatic carbocycles. The van der Waals surface area contributed by atoms with Crippen LogP contribution in [0.15, 0.2) is 22.7 Å². The lowest BCUT2D eigenvalue weighted by molar-refractivity contribution is 0.401. The summed E-state index contributed by atoms with van der Waals surface area (Å²) in [6, 6.07) is 4.40. The highest BCUT2D eigenvalue weighted by molar-refractivity contribution is 9.10. The molecule has 1 aromatic rings. The monoisotopic (exact) mass is 231 g/mol. The molecular weight excluding hydrogens is 225 g/mol. The van der Waals surface area contributed by atoms with Crippen LogP contribution in [-0.4, -0.2) is 13.0 Å². The fourth-order valence-electron chi connectivity index (χ4n) is 0.755. The van der Waals surface area contributed by atoms with E-state index in [0.29, 0.717) is 10.0 Å². The Bertz CT molecular complexity index is 314. The molecule has 12 heavy (non-hydrogen) atoms. The minimum absolute atomic E-state index is 0.0404. The van der Waals surface area contributed by atoms with Gasteiger partial charge in [0, 0.05) is 5.56 Å². The topological polar surface area (TPSA) is 33.1 Å². The zero-order valence-electron chi connectivity index (χ0n) is 6.40. The third kappa shape index (κ3) is 1.82. The number of benzene rings is 1. The van der Waals surface area contributed by atoms with Crippen molar-refractivity contribution in [1.82, 2.24) is 0 Å². The van der Waals surface area contributed by atoms with Crippen LogP contribution in [0.4, 0.5) is 4.39 Å². The number of rotatable bonds is 1. The Morgan fingerprint density at radius 3 is 2.75 bits per heavy atom. The molecule has 0 atom stereocenters. The molecule has 0 saturated heterocycles. The van der Waals surface area contributed by atoms with Crippen LogP contribution in [0, 0.1) is 11.2 Å². The summed E-state index contributed by atoms with van der Waals surface area (Å²) in [6.07, 6.45) is 0. The van der Waals surface area contributed by atoms with Gasteiger partial charge >= 0.3 is 0 Å². The van der Waals surface area contributed by atoms with E-state index in [1.165, 1.54) is 19.2 Å². The molecule has 0 unspecified atom stereocenters. The lowest BCUT2D eigenvalue weighted by atomic mass is 10.2. The van der Waals surface area contributed by atoms with E-state index in [4.69, 9.17) is 5.41 Å². The first kappa shape index (κ1) is 9.19. The molecular formula is C8H7BrFNO. The van der Waals surface area contributed by atoms with E-state index in [1.807, 2.05) is 0 Å². The van der Waals surface area contributed by atoms with Crippen LogP contribution in [-0.2, 0) is 4.74 Å². The Balaban J connectivity index is 3.05. The van der Waals surface area contributed by atoms with Gasteiger partial charge in [0.15, 0.2) is 0 Å². The van der Waals surface area contributed by atoms with Crippen molar-refractivity contribution >= 4 is 21.8 Å². The second-order valence-electron chi connectivity index (χ2n) is 2.16. The zero-order chi connectivity index (χ0) is 9.14. The number of nitrogens with one attached hydrogen (secondary N) is 1. The maximum Gasteiger partial charge on any atom is 0.213 e. The van der Waals surface area contributed by atoms with Crippen molar-refractivity contribution in [2.24, 2.45) is 0 Å². The summed E-state index contributed by atoms with van der Waals surface area (Å²) in [6.45, 7) is 0. The minimum Gasteiger partial charge on any atom is -0.481 e. The van der Waals surface area contributed by atoms with Crippen LogP contribution in [0.25, 0.3) is 0 Å². The molecule has 0 aliphatic rings. The molecule has 0 spiro atoms. The molecule has 0 amide bonds. The standard InChI is InChI=1S/C8H7BrFNO/c1-12-8(11)5-2-3-6(9)7(10)4-5/h2-4,11H,1H3. The molecule has 1 N–H and O–H groups in total. The number of hydrogen-bond acceptors (Lipinski definition) is 2. The van der Waals surface area contributed by atoms with Crippen molar-refractivity contribution in [2.45, 2.75) is 0 Å². The first-order valence-corrected chi connectivity index (χ1v) is 4.02. The molecule has 0 aromatic heterocycles. The van der Waals surface area contributed by atoms with Crippen molar-refractivity contribution in [3.63, 3.8) is 0 Å². The van der Waals surface area contributed by atoms with Crippen molar-refractivity contribution in [1.29, 1.82) is 5.41 Å². The average Bonchev–Trinajstić information content (AvgIpc) is 2.08. The third-order valence-corrected chi connectivity index (χ3v) is 2.03. The van der Waals surface area contributed by atoms with Crippen molar-refractivity contribution < 1.29 is 9.13 Å². The van der Waals surface area contributed by atoms with Gasteiger partial charge < -0.3 is 4.74 Å². The van der Waals surface area contributed by atoms with E-state index in [2.05, 4.69) is 20.7 Å². The highest BCUT2D eigenvalue weighted by Crippen LogP contribution is 2.16. The lowest BCUT2D eigenvalue weighted by Crippen LogP contribution is -2.01. The second kappa shape index (κ2) is 3.67. The quantitative estimate of drug-likeness (QED) is 0.585. The summed E-state index contributed by atoms with van der Waals surface area (Å²) in [5.41, 5.74) is 0.429. The first-order chi connectivity index (χ1) is 5.65. The minimum atomic E-state index is -0.394. The predicted molar refractivity (Wildman–Crippen MR) is 47.9 cm³/mol. The Morgan fingerprint density at radius 1 is 1.58 bits per heavy atom. The van der Waals surface area contributed by atoms with Gasteiger partial charge in [-0.05, 0) is 34.1 Å². The number of halogens is 2. The summed E-state index contributed by atoms with van der Waals surface area (Å²) in [5.74, 6) is -0.435. The van der Waals surface area contributed by atoms with Gasteiger partial charge in [-0.25, -0.2) is 4.39 Å². The summed E-state index contributed by atoms with van der Waals surface area (Å²) in [5, 5.41) is 7.24. The van der Waals surface area contributed by atoms with Crippen LogP contribution in [0.2, 0.25) is 0 Å². The van der Waals surface area contributed by atoms with E-state index in [9.17, 15) is 4.39 Å². The lowest BCUT2D eigenvalue weighted by Gasteiger charge is -2.02. The average molecular weight is 232 g/mol. The van der Waals surface area contributed by atoms with Gasteiger partial charge in [0.05, 0.1) is 11.6 Å². The molecule has 2 nitrogen and oxygen atoms in total. The van der Waals surface area contributed by atoms with E-state index >= 15 is 0 Å². The van der Waals surface area contributed by atoms with Crippen LogP contribution in [0.1, 0.15) is 5.56 Å². The third-order valence-electron chi connectivity index (χ3n) is 1.39. The molecule has 0 fully saturated rings. The highest BCUT2D eigenvalue weighted by atomic mass is 79.9. The van der Waals surface area contributed by atoms with Gasteiger partial charge in [-0.1, -0.05) is 0 Å². The summed E-state index contributed by atoms with van der Waals surface area (Å²) < 4.78 is 17.9. The number of hydrogen-bond donors (Lipinski definition) is 1. The van der Waals surface area contributed by atoms with Crippen LogP contribution in [0.3, 0.4) is 0 Å². The molecule has 64 valence electrons. The molecule has 0 saturated carbocycles. The molecule has 1 aromatic carbocycles.